The number of terminal acetylenes is 1. The van der Waals surface area contributed by atoms with Gasteiger partial charge in [0.15, 0.2) is 9.84 Å². The molecule has 1 aliphatic rings. The lowest BCUT2D eigenvalue weighted by Gasteiger charge is -2.24. The minimum Gasteiger partial charge on any atom is -0.324 e. The highest BCUT2D eigenvalue weighted by molar-refractivity contribution is 7.91. The molecule has 1 saturated heterocycles. The molecular weight excluding hydrogens is 436 g/mol. The summed E-state index contributed by atoms with van der Waals surface area (Å²) >= 11 is 0. The first-order valence-electron chi connectivity index (χ1n) is 10.6. The monoisotopic (exact) mass is 460 g/mol. The maximum atomic E-state index is 13.0. The third kappa shape index (κ3) is 5.57. The van der Waals surface area contributed by atoms with E-state index in [1.807, 2.05) is 53.3 Å². The van der Waals surface area contributed by atoms with Crippen LogP contribution >= 0.6 is 0 Å². The first-order valence-corrected chi connectivity index (χ1v) is 12.4. The fourth-order valence-corrected chi connectivity index (χ4v) is 5.63. The van der Waals surface area contributed by atoms with Crippen molar-refractivity contribution in [1.82, 2.24) is 19.7 Å². The third-order valence-electron chi connectivity index (χ3n) is 5.51. The van der Waals surface area contributed by atoms with Crippen molar-refractivity contribution >= 4 is 21.8 Å². The van der Waals surface area contributed by atoms with Crippen molar-refractivity contribution in [3.05, 3.63) is 78.3 Å². The SMILES string of the molecule is C#CCN(C(=O)/C=C\c1cn(Cc2ccccc2)nc1-c1cccnc1)[C@@H]1CCS(=O)(=O)C1. The van der Waals surface area contributed by atoms with E-state index in [9.17, 15) is 13.2 Å². The summed E-state index contributed by atoms with van der Waals surface area (Å²) in [5.41, 5.74) is 3.40. The van der Waals surface area contributed by atoms with Crippen LogP contribution in [-0.4, -0.2) is 58.1 Å². The second kappa shape index (κ2) is 9.84. The molecule has 0 bridgehead atoms. The highest BCUT2D eigenvalue weighted by Crippen LogP contribution is 2.24. The lowest BCUT2D eigenvalue weighted by molar-refractivity contribution is -0.127. The molecule has 4 rings (SSSR count). The molecule has 0 N–H and O–H groups in total. The van der Waals surface area contributed by atoms with Gasteiger partial charge in [-0.3, -0.25) is 14.5 Å². The van der Waals surface area contributed by atoms with Gasteiger partial charge in [-0.15, -0.1) is 6.42 Å². The Labute approximate surface area is 193 Å². The summed E-state index contributed by atoms with van der Waals surface area (Å²) in [5, 5.41) is 4.72. The molecule has 1 atom stereocenters. The van der Waals surface area contributed by atoms with Crippen molar-refractivity contribution in [2.75, 3.05) is 18.1 Å². The zero-order valence-electron chi connectivity index (χ0n) is 18.0. The van der Waals surface area contributed by atoms with E-state index in [4.69, 9.17) is 11.5 Å². The fourth-order valence-electron chi connectivity index (χ4n) is 3.90. The van der Waals surface area contributed by atoms with Crippen LogP contribution in [0.3, 0.4) is 0 Å². The summed E-state index contributed by atoms with van der Waals surface area (Å²) in [4.78, 5) is 18.6. The highest BCUT2D eigenvalue weighted by atomic mass is 32.2. The molecule has 0 aliphatic carbocycles. The number of amides is 1. The van der Waals surface area contributed by atoms with Crippen LogP contribution in [-0.2, 0) is 21.2 Å². The van der Waals surface area contributed by atoms with Crippen LogP contribution in [0.2, 0.25) is 0 Å². The smallest absolute Gasteiger partial charge is 0.247 e. The van der Waals surface area contributed by atoms with Gasteiger partial charge in [0.25, 0.3) is 0 Å². The quantitative estimate of drug-likeness (QED) is 0.400. The van der Waals surface area contributed by atoms with Crippen LogP contribution in [0.15, 0.2) is 67.1 Å². The minimum absolute atomic E-state index is 0.0514. The molecule has 2 aromatic heterocycles. The van der Waals surface area contributed by atoms with E-state index < -0.39 is 15.9 Å². The topological polar surface area (TPSA) is 85.2 Å². The number of carbonyl (C=O) groups excluding carboxylic acids is 1. The van der Waals surface area contributed by atoms with Crippen molar-refractivity contribution in [1.29, 1.82) is 0 Å². The molecule has 168 valence electrons. The van der Waals surface area contributed by atoms with Crippen LogP contribution in [0.1, 0.15) is 17.5 Å². The predicted molar refractivity (Wildman–Crippen MR) is 128 cm³/mol. The highest BCUT2D eigenvalue weighted by Gasteiger charge is 2.33. The van der Waals surface area contributed by atoms with Crippen LogP contribution in [0.4, 0.5) is 0 Å². The first kappa shape index (κ1) is 22.5. The van der Waals surface area contributed by atoms with E-state index in [1.54, 1.807) is 18.5 Å². The molecule has 0 saturated carbocycles. The second-order valence-corrected chi connectivity index (χ2v) is 10.1. The van der Waals surface area contributed by atoms with Gasteiger partial charge in [-0.1, -0.05) is 36.3 Å². The van der Waals surface area contributed by atoms with Gasteiger partial charge in [-0.25, -0.2) is 8.42 Å². The molecule has 0 radical (unpaired) electrons. The summed E-state index contributed by atoms with van der Waals surface area (Å²) in [6, 6.07) is 13.3. The Morgan fingerprint density at radius 1 is 1.24 bits per heavy atom. The molecule has 8 heteroatoms. The lowest BCUT2D eigenvalue weighted by atomic mass is 10.1. The van der Waals surface area contributed by atoms with E-state index in [-0.39, 0.29) is 24.0 Å². The lowest BCUT2D eigenvalue weighted by Crippen LogP contribution is -2.40. The molecule has 1 fully saturated rings. The van der Waals surface area contributed by atoms with Gasteiger partial charge in [0, 0.05) is 41.8 Å². The zero-order chi connectivity index (χ0) is 23.3. The fraction of sp³-hybridized carbons (Fsp3) is 0.240. The Hall–Kier alpha value is -3.70. The number of benzene rings is 1. The molecule has 1 aromatic carbocycles. The van der Waals surface area contributed by atoms with Gasteiger partial charge >= 0.3 is 0 Å². The van der Waals surface area contributed by atoms with Gasteiger partial charge in [0.1, 0.15) is 5.69 Å². The number of aromatic nitrogens is 3. The summed E-state index contributed by atoms with van der Waals surface area (Å²) in [5.74, 6) is 2.18. The average Bonchev–Trinajstić information content (AvgIpc) is 3.39. The Balaban J connectivity index is 1.61. The van der Waals surface area contributed by atoms with E-state index in [0.29, 0.717) is 18.7 Å². The summed E-state index contributed by atoms with van der Waals surface area (Å²) in [6.07, 6.45) is 14.3. The Morgan fingerprint density at radius 3 is 2.73 bits per heavy atom. The summed E-state index contributed by atoms with van der Waals surface area (Å²) < 4.78 is 25.6. The summed E-state index contributed by atoms with van der Waals surface area (Å²) in [7, 11) is -3.14. The molecule has 1 amide bonds. The maximum Gasteiger partial charge on any atom is 0.247 e. The Morgan fingerprint density at radius 2 is 2.06 bits per heavy atom. The van der Waals surface area contributed by atoms with Gasteiger partial charge in [0.2, 0.25) is 5.91 Å². The number of hydrogen-bond donors (Lipinski definition) is 0. The number of hydrogen-bond acceptors (Lipinski definition) is 5. The average molecular weight is 461 g/mol. The standard InChI is InChI=1S/C25H24N4O3S/c1-2-14-29(23-12-15-33(31,32)19-23)24(30)11-10-22-18-28(17-20-7-4-3-5-8-20)27-25(22)21-9-6-13-26-16-21/h1,3-11,13,16,18,23H,12,14-15,17,19H2/b11-10-/t23-/m1/s1. The number of sulfone groups is 1. The molecule has 0 spiro atoms. The minimum atomic E-state index is -3.14. The molecule has 33 heavy (non-hydrogen) atoms. The number of rotatable bonds is 7. The van der Waals surface area contributed by atoms with Crippen LogP contribution in [0, 0.1) is 12.3 Å². The predicted octanol–water partition coefficient (Wildman–Crippen LogP) is 2.66. The molecule has 3 heterocycles. The number of pyridine rings is 1. The maximum absolute atomic E-state index is 13.0. The van der Waals surface area contributed by atoms with E-state index in [0.717, 1.165) is 16.7 Å². The van der Waals surface area contributed by atoms with Crippen molar-refractivity contribution < 1.29 is 13.2 Å². The molecule has 0 unspecified atom stereocenters. The van der Waals surface area contributed by atoms with E-state index in [2.05, 4.69) is 10.9 Å². The zero-order valence-corrected chi connectivity index (χ0v) is 18.9. The molecule has 7 nitrogen and oxygen atoms in total. The van der Waals surface area contributed by atoms with Crippen LogP contribution in [0.5, 0.6) is 0 Å². The number of nitrogens with zero attached hydrogens (tertiary/aromatic N) is 4. The largest absolute Gasteiger partial charge is 0.324 e. The van der Waals surface area contributed by atoms with Crippen molar-refractivity contribution in [2.24, 2.45) is 0 Å². The van der Waals surface area contributed by atoms with Gasteiger partial charge in [0.05, 0.1) is 24.6 Å². The van der Waals surface area contributed by atoms with Crippen LogP contribution < -0.4 is 0 Å². The van der Waals surface area contributed by atoms with Gasteiger partial charge in [-0.2, -0.15) is 5.10 Å². The number of carbonyl (C=O) groups is 1. The Bertz CT molecular complexity index is 1290. The van der Waals surface area contributed by atoms with Gasteiger partial charge < -0.3 is 4.90 Å². The molecular formula is C25H24N4O3S. The van der Waals surface area contributed by atoms with Crippen molar-refractivity contribution in [3.63, 3.8) is 0 Å². The van der Waals surface area contributed by atoms with Crippen molar-refractivity contribution in [3.8, 4) is 23.6 Å². The normalized spacial score (nSPS) is 17.1. The molecule has 1 aliphatic heterocycles. The first-order chi connectivity index (χ1) is 15.9. The Kier molecular flexibility index (Phi) is 6.71. The van der Waals surface area contributed by atoms with Crippen molar-refractivity contribution in [2.45, 2.75) is 19.0 Å². The van der Waals surface area contributed by atoms with E-state index >= 15 is 0 Å². The van der Waals surface area contributed by atoms with E-state index in [1.165, 1.54) is 11.0 Å². The van der Waals surface area contributed by atoms with Gasteiger partial charge in [-0.05, 0) is 30.2 Å². The third-order valence-corrected chi connectivity index (χ3v) is 7.26. The molecule has 3 aromatic rings. The second-order valence-electron chi connectivity index (χ2n) is 7.92. The van der Waals surface area contributed by atoms with Crippen LogP contribution in [0.25, 0.3) is 17.3 Å². The summed E-state index contributed by atoms with van der Waals surface area (Å²) in [6.45, 7) is 0.644.